The number of fused-ring (bicyclic) bond motifs is 3. The number of halogens is 3. The highest BCUT2D eigenvalue weighted by molar-refractivity contribution is 6.70. The van der Waals surface area contributed by atoms with Crippen molar-refractivity contribution in [1.82, 2.24) is 20.4 Å². The summed E-state index contributed by atoms with van der Waals surface area (Å²) in [5.74, 6) is -1.30. The number of hydrogen-bond donors (Lipinski definition) is 3. The van der Waals surface area contributed by atoms with Gasteiger partial charge in [0.2, 0.25) is 0 Å². The molecule has 3 aromatic carbocycles. The molecule has 3 N–H and O–H groups in total. The van der Waals surface area contributed by atoms with Crippen LogP contribution < -0.4 is 15.8 Å². The first-order chi connectivity index (χ1) is 20.9. The van der Waals surface area contributed by atoms with Crippen LogP contribution in [0.15, 0.2) is 60.8 Å². The van der Waals surface area contributed by atoms with Crippen molar-refractivity contribution in [3.8, 4) is 0 Å². The topological polar surface area (TPSA) is 65.2 Å². The zero-order valence-corrected chi connectivity index (χ0v) is 27.0. The summed E-state index contributed by atoms with van der Waals surface area (Å²) in [6, 6.07) is 15.6. The second kappa shape index (κ2) is 12.0. The molecular weight excluding hydrogens is 579 g/mol. The highest BCUT2D eigenvalue weighted by atomic mass is 28.3. The van der Waals surface area contributed by atoms with E-state index in [0.717, 1.165) is 40.3 Å². The molecule has 1 unspecified atom stereocenters. The Bertz CT molecular complexity index is 1600. The first-order valence-corrected chi connectivity index (χ1v) is 16.7. The van der Waals surface area contributed by atoms with Gasteiger partial charge in [-0.05, 0) is 59.8 Å². The second-order valence-corrected chi connectivity index (χ2v) is 16.6. The Morgan fingerprint density at radius 3 is 2.39 bits per heavy atom. The van der Waals surface area contributed by atoms with E-state index in [-0.39, 0.29) is 35.8 Å². The number of hydrogen-bond acceptors (Lipinski definition) is 5. The maximum Gasteiger partial charge on any atom is 0.252 e. The number of nitrogens with one attached hydrogen (secondary N) is 3. The van der Waals surface area contributed by atoms with E-state index in [1.54, 1.807) is 6.20 Å². The highest BCUT2D eigenvalue weighted by Crippen LogP contribution is 2.43. The summed E-state index contributed by atoms with van der Waals surface area (Å²) in [6.45, 7) is 11.2. The van der Waals surface area contributed by atoms with Crippen LogP contribution >= 0.6 is 0 Å². The van der Waals surface area contributed by atoms with Gasteiger partial charge in [-0.1, -0.05) is 57.2 Å². The van der Waals surface area contributed by atoms with Gasteiger partial charge in [-0.25, -0.2) is 13.2 Å². The summed E-state index contributed by atoms with van der Waals surface area (Å²) in [5, 5.41) is 15.4. The van der Waals surface area contributed by atoms with Crippen LogP contribution in [0, 0.1) is 11.6 Å². The van der Waals surface area contributed by atoms with Crippen molar-refractivity contribution in [3.63, 3.8) is 0 Å². The van der Waals surface area contributed by atoms with Crippen molar-refractivity contribution in [2.24, 2.45) is 0 Å². The summed E-state index contributed by atoms with van der Waals surface area (Å²) in [4.78, 5) is 1.91. The summed E-state index contributed by atoms with van der Waals surface area (Å²) in [5.41, 5.74) is 1.14. The molecule has 4 aromatic rings. The lowest BCUT2D eigenvalue weighted by Crippen LogP contribution is -2.52. The Hall–Kier alpha value is -3.18. The molecule has 2 aliphatic rings. The molecule has 6 nitrogen and oxygen atoms in total. The zero-order chi connectivity index (χ0) is 31.2. The first kappa shape index (κ1) is 30.8. The third kappa shape index (κ3) is 6.17. The van der Waals surface area contributed by atoms with Gasteiger partial charge >= 0.3 is 0 Å². The van der Waals surface area contributed by atoms with Crippen LogP contribution in [0.3, 0.4) is 0 Å². The van der Waals surface area contributed by atoms with Gasteiger partial charge in [-0.15, -0.1) is 0 Å². The molecule has 0 amide bonds. The average molecular weight is 621 g/mol. The number of nitrogens with zero attached hydrogens (tertiary/aromatic N) is 2. The Labute approximate surface area is 259 Å². The van der Waals surface area contributed by atoms with E-state index in [0.29, 0.717) is 12.1 Å². The van der Waals surface area contributed by atoms with Gasteiger partial charge in [0.25, 0.3) is 9.04 Å². The number of alkyl halides is 1. The summed E-state index contributed by atoms with van der Waals surface area (Å²) < 4.78 is 55.2. The number of H-pyrrole nitrogens is 1. The third-order valence-electron chi connectivity index (χ3n) is 8.72. The van der Waals surface area contributed by atoms with Crippen molar-refractivity contribution in [1.29, 1.82) is 0 Å². The molecule has 0 aliphatic carbocycles. The van der Waals surface area contributed by atoms with E-state index in [1.165, 1.54) is 19.1 Å². The van der Waals surface area contributed by atoms with Gasteiger partial charge in [0, 0.05) is 42.3 Å². The standard InChI is InChI=1S/C34H41F3N5OSi/c1-21-13-26-25(11-12-30-27(26)18-39-41-30)32(31-28(35)14-22(15-29(31)36)40-23-16-38-17-23)42(21)19-34(5,37)20-43-44(33(2,3)4)24-9-7-6-8-10-24/h6-12,14-15,18,21,23,32,38,40H,13,16-17,19-20H2,1-5H3,(H,39,41)/t21-,32+,34?/m1/s1. The number of aromatic amines is 1. The molecule has 1 radical (unpaired) electrons. The molecule has 3 heterocycles. The third-order valence-corrected chi connectivity index (χ3v) is 11.4. The molecule has 10 heteroatoms. The first-order valence-electron chi connectivity index (χ1n) is 15.3. The Morgan fingerprint density at radius 1 is 1.05 bits per heavy atom. The molecule has 2 aliphatic heterocycles. The number of benzene rings is 3. The quantitative estimate of drug-likeness (QED) is 0.200. The summed E-state index contributed by atoms with van der Waals surface area (Å²) in [6.07, 6.45) is 2.35. The van der Waals surface area contributed by atoms with Crippen molar-refractivity contribution in [2.45, 2.75) is 69.9 Å². The minimum absolute atomic E-state index is 0.0532. The largest absolute Gasteiger partial charge is 0.408 e. The lowest BCUT2D eigenvalue weighted by Gasteiger charge is -2.45. The summed E-state index contributed by atoms with van der Waals surface area (Å²) in [7, 11) is -1.58. The molecular formula is C34H41F3N5OSi. The van der Waals surface area contributed by atoms with E-state index in [9.17, 15) is 0 Å². The molecule has 1 aromatic heterocycles. The van der Waals surface area contributed by atoms with E-state index in [1.807, 2.05) is 54.3 Å². The van der Waals surface area contributed by atoms with Crippen LogP contribution in [0.25, 0.3) is 10.9 Å². The van der Waals surface area contributed by atoms with Crippen molar-refractivity contribution in [2.75, 3.05) is 31.6 Å². The average Bonchev–Trinajstić information content (AvgIpc) is 3.41. The minimum atomic E-state index is -1.79. The molecule has 44 heavy (non-hydrogen) atoms. The lowest BCUT2D eigenvalue weighted by molar-refractivity contribution is 0.0228. The zero-order valence-electron chi connectivity index (χ0n) is 26.0. The molecule has 0 bridgehead atoms. The molecule has 0 spiro atoms. The van der Waals surface area contributed by atoms with Gasteiger partial charge in [0.15, 0.2) is 0 Å². The summed E-state index contributed by atoms with van der Waals surface area (Å²) >= 11 is 0. The highest BCUT2D eigenvalue weighted by Gasteiger charge is 2.42. The monoisotopic (exact) mass is 620 g/mol. The van der Waals surface area contributed by atoms with Gasteiger partial charge in [-0.2, -0.15) is 5.10 Å². The lowest BCUT2D eigenvalue weighted by atomic mass is 9.82. The van der Waals surface area contributed by atoms with E-state index < -0.39 is 32.4 Å². The van der Waals surface area contributed by atoms with E-state index in [2.05, 4.69) is 41.6 Å². The fourth-order valence-corrected chi connectivity index (χ4v) is 8.92. The normalized spacial score (nSPS) is 20.8. The van der Waals surface area contributed by atoms with Crippen LogP contribution in [0.2, 0.25) is 5.04 Å². The van der Waals surface area contributed by atoms with Crippen molar-refractivity contribution >= 4 is 30.8 Å². The van der Waals surface area contributed by atoms with Crippen LogP contribution in [0.1, 0.15) is 57.4 Å². The number of rotatable bonds is 9. The van der Waals surface area contributed by atoms with Crippen LogP contribution in [-0.4, -0.2) is 68.1 Å². The molecule has 3 atom stereocenters. The maximum atomic E-state index is 16.7. The van der Waals surface area contributed by atoms with E-state index >= 15 is 13.2 Å². The van der Waals surface area contributed by atoms with Gasteiger partial charge in [0.05, 0.1) is 30.4 Å². The van der Waals surface area contributed by atoms with Crippen LogP contribution in [0.5, 0.6) is 0 Å². The minimum Gasteiger partial charge on any atom is -0.408 e. The molecule has 1 saturated heterocycles. The molecule has 233 valence electrons. The van der Waals surface area contributed by atoms with Gasteiger partial charge in [0.1, 0.15) is 17.3 Å². The SMILES string of the molecule is C[C@@H]1Cc2c(ccc3[nH]ncc23)[C@@H](c2c(F)cc(NC3CNC3)cc2F)N1CC(C)(F)CO[Si](c1ccccc1)C(C)(C)C. The number of anilines is 1. The predicted octanol–water partition coefficient (Wildman–Crippen LogP) is 6.00. The molecule has 6 rings (SSSR count). The van der Waals surface area contributed by atoms with Crippen LogP contribution in [-0.2, 0) is 10.8 Å². The Balaban J connectivity index is 1.35. The van der Waals surface area contributed by atoms with Crippen molar-refractivity contribution < 1.29 is 17.6 Å². The second-order valence-electron chi connectivity index (χ2n) is 13.6. The van der Waals surface area contributed by atoms with Gasteiger partial charge < -0.3 is 15.1 Å². The van der Waals surface area contributed by atoms with Crippen LogP contribution in [0.4, 0.5) is 18.9 Å². The molecule has 0 saturated carbocycles. The molecule has 1 fully saturated rings. The predicted molar refractivity (Wildman–Crippen MR) is 171 cm³/mol. The van der Waals surface area contributed by atoms with Crippen molar-refractivity contribution in [3.05, 3.63) is 89.1 Å². The number of aromatic nitrogens is 2. The van der Waals surface area contributed by atoms with Gasteiger partial charge in [-0.3, -0.25) is 10.00 Å². The smallest absolute Gasteiger partial charge is 0.252 e. The fraction of sp³-hybridized carbons (Fsp3) is 0.441. The Morgan fingerprint density at radius 2 is 1.75 bits per heavy atom. The van der Waals surface area contributed by atoms with E-state index in [4.69, 9.17) is 4.43 Å². The fourth-order valence-electron chi connectivity index (χ4n) is 6.52. The Kier molecular flexibility index (Phi) is 8.38. The maximum absolute atomic E-state index is 16.7.